The van der Waals surface area contributed by atoms with Gasteiger partial charge in [-0.25, -0.2) is 9.78 Å². The fourth-order valence-electron chi connectivity index (χ4n) is 3.54. The Bertz CT molecular complexity index is 1180. The zero-order chi connectivity index (χ0) is 21.1. The average molecular weight is 427 g/mol. The SMILES string of the molecule is CCOc1cccc(/C=N/n2cnc3sc4c(c3c2=O)CCCC4)c1OCC(=O)O. The summed E-state index contributed by atoms with van der Waals surface area (Å²) in [6.07, 6.45) is 6.96. The first kappa shape index (κ1) is 20.1. The van der Waals surface area contributed by atoms with Crippen LogP contribution in [0.4, 0.5) is 0 Å². The highest BCUT2D eigenvalue weighted by molar-refractivity contribution is 7.18. The normalized spacial score (nSPS) is 13.5. The number of ether oxygens (including phenoxy) is 2. The van der Waals surface area contributed by atoms with Gasteiger partial charge < -0.3 is 14.6 Å². The summed E-state index contributed by atoms with van der Waals surface area (Å²) in [6, 6.07) is 5.15. The average Bonchev–Trinajstić information content (AvgIpc) is 3.12. The van der Waals surface area contributed by atoms with Crippen LogP contribution in [0.5, 0.6) is 11.5 Å². The second-order valence-electron chi connectivity index (χ2n) is 6.82. The van der Waals surface area contributed by atoms with Crippen LogP contribution in [0.25, 0.3) is 10.2 Å². The zero-order valence-electron chi connectivity index (χ0n) is 16.5. The highest BCUT2D eigenvalue weighted by Gasteiger charge is 2.20. The number of carbonyl (C=O) groups is 1. The molecule has 2 aromatic heterocycles. The Labute approximate surface area is 176 Å². The maximum Gasteiger partial charge on any atom is 0.341 e. The van der Waals surface area contributed by atoms with Crippen molar-refractivity contribution < 1.29 is 19.4 Å². The van der Waals surface area contributed by atoms with Gasteiger partial charge in [0.25, 0.3) is 5.56 Å². The second kappa shape index (κ2) is 8.66. The highest BCUT2D eigenvalue weighted by atomic mass is 32.1. The van der Waals surface area contributed by atoms with E-state index in [4.69, 9.17) is 14.6 Å². The van der Waals surface area contributed by atoms with E-state index in [0.29, 0.717) is 23.3 Å². The van der Waals surface area contributed by atoms with E-state index in [1.54, 1.807) is 29.5 Å². The van der Waals surface area contributed by atoms with E-state index < -0.39 is 12.6 Å². The first-order chi connectivity index (χ1) is 14.6. The molecule has 1 aromatic carbocycles. The van der Waals surface area contributed by atoms with Crippen molar-refractivity contribution in [2.24, 2.45) is 5.10 Å². The van der Waals surface area contributed by atoms with Crippen molar-refractivity contribution in [1.82, 2.24) is 9.66 Å². The van der Waals surface area contributed by atoms with Crippen LogP contribution in [0.2, 0.25) is 0 Å². The number of hydrogen-bond donors (Lipinski definition) is 1. The summed E-state index contributed by atoms with van der Waals surface area (Å²) < 4.78 is 12.2. The standard InChI is InChI=1S/C21H21N3O5S/c1-2-28-15-8-5-6-13(19(15)29-11-17(25)26)10-23-24-12-22-20-18(21(24)27)14-7-3-4-9-16(14)30-20/h5-6,8,10,12H,2-4,7,9,11H2,1H3,(H,25,26)/b23-10+. The lowest BCUT2D eigenvalue weighted by Gasteiger charge is -2.13. The van der Waals surface area contributed by atoms with Gasteiger partial charge >= 0.3 is 5.97 Å². The van der Waals surface area contributed by atoms with Gasteiger partial charge in [-0.05, 0) is 50.3 Å². The van der Waals surface area contributed by atoms with Gasteiger partial charge in [0.05, 0.1) is 18.2 Å². The Morgan fingerprint density at radius 2 is 2.17 bits per heavy atom. The molecule has 1 aliphatic rings. The van der Waals surface area contributed by atoms with Gasteiger partial charge in [-0.15, -0.1) is 11.3 Å². The minimum atomic E-state index is -1.10. The monoisotopic (exact) mass is 427 g/mol. The number of carboxylic acids is 1. The first-order valence-electron chi connectivity index (χ1n) is 9.75. The fourth-order valence-corrected chi connectivity index (χ4v) is 4.76. The largest absolute Gasteiger partial charge is 0.490 e. The number of aliphatic carboxylic acids is 1. The molecule has 0 fully saturated rings. The number of aryl methyl sites for hydroxylation is 2. The third-order valence-corrected chi connectivity index (χ3v) is 6.03. The number of aromatic nitrogens is 2. The minimum Gasteiger partial charge on any atom is -0.490 e. The summed E-state index contributed by atoms with van der Waals surface area (Å²) in [5.41, 5.74) is 1.40. The van der Waals surface area contributed by atoms with E-state index in [9.17, 15) is 9.59 Å². The first-order valence-corrected chi connectivity index (χ1v) is 10.6. The van der Waals surface area contributed by atoms with E-state index >= 15 is 0 Å². The van der Waals surface area contributed by atoms with E-state index in [-0.39, 0.29) is 11.3 Å². The lowest BCUT2D eigenvalue weighted by atomic mass is 9.97. The smallest absolute Gasteiger partial charge is 0.341 e. The lowest BCUT2D eigenvalue weighted by Crippen LogP contribution is -2.18. The van der Waals surface area contributed by atoms with Crippen molar-refractivity contribution >= 4 is 33.7 Å². The predicted molar refractivity (Wildman–Crippen MR) is 114 cm³/mol. The van der Waals surface area contributed by atoms with E-state index in [1.165, 1.54) is 22.1 Å². The number of carboxylic acid groups (broad SMARTS) is 1. The predicted octanol–water partition coefficient (Wildman–Crippen LogP) is 3.08. The Kier molecular flexibility index (Phi) is 5.80. The Balaban J connectivity index is 1.72. The van der Waals surface area contributed by atoms with Crippen LogP contribution in [0.15, 0.2) is 34.4 Å². The molecule has 1 aliphatic carbocycles. The Morgan fingerprint density at radius 3 is 2.97 bits per heavy atom. The highest BCUT2D eigenvalue weighted by Crippen LogP contribution is 2.33. The molecule has 1 N–H and O–H groups in total. The zero-order valence-corrected chi connectivity index (χ0v) is 17.3. The van der Waals surface area contributed by atoms with Gasteiger partial charge in [-0.3, -0.25) is 4.79 Å². The van der Waals surface area contributed by atoms with Crippen molar-refractivity contribution in [3.63, 3.8) is 0 Å². The molecule has 9 heteroatoms. The quantitative estimate of drug-likeness (QED) is 0.581. The van der Waals surface area contributed by atoms with Crippen molar-refractivity contribution in [1.29, 1.82) is 0 Å². The summed E-state index contributed by atoms with van der Waals surface area (Å²) in [7, 11) is 0. The van der Waals surface area contributed by atoms with Gasteiger partial charge in [-0.2, -0.15) is 9.78 Å². The molecule has 30 heavy (non-hydrogen) atoms. The molecular weight excluding hydrogens is 406 g/mol. The number of benzene rings is 1. The fraction of sp³-hybridized carbons (Fsp3) is 0.333. The molecule has 0 bridgehead atoms. The molecule has 2 heterocycles. The molecule has 0 spiro atoms. The minimum absolute atomic E-state index is 0.204. The molecule has 0 atom stereocenters. The molecule has 156 valence electrons. The van der Waals surface area contributed by atoms with Crippen LogP contribution in [0.3, 0.4) is 0 Å². The van der Waals surface area contributed by atoms with Crippen LogP contribution in [0, 0.1) is 0 Å². The van der Waals surface area contributed by atoms with Crippen LogP contribution in [-0.4, -0.2) is 40.2 Å². The Hall–Kier alpha value is -3.20. The third kappa shape index (κ3) is 3.93. The third-order valence-electron chi connectivity index (χ3n) is 4.83. The molecule has 4 rings (SSSR count). The molecule has 0 saturated carbocycles. The molecule has 3 aromatic rings. The van der Waals surface area contributed by atoms with Gasteiger partial charge in [-0.1, -0.05) is 6.07 Å². The molecule has 0 saturated heterocycles. The molecule has 8 nitrogen and oxygen atoms in total. The van der Waals surface area contributed by atoms with Gasteiger partial charge in [0.1, 0.15) is 11.2 Å². The van der Waals surface area contributed by atoms with Gasteiger partial charge in [0, 0.05) is 10.4 Å². The summed E-state index contributed by atoms with van der Waals surface area (Å²) in [5, 5.41) is 13.9. The summed E-state index contributed by atoms with van der Waals surface area (Å²) in [4.78, 5) is 30.4. The van der Waals surface area contributed by atoms with Crippen molar-refractivity contribution in [2.75, 3.05) is 13.2 Å². The number of fused-ring (bicyclic) bond motifs is 3. The van der Waals surface area contributed by atoms with E-state index in [0.717, 1.165) is 36.1 Å². The maximum absolute atomic E-state index is 13.0. The van der Waals surface area contributed by atoms with Crippen molar-refractivity contribution in [2.45, 2.75) is 32.6 Å². The summed E-state index contributed by atoms with van der Waals surface area (Å²) >= 11 is 1.59. The van der Waals surface area contributed by atoms with Crippen molar-refractivity contribution in [3.05, 3.63) is 50.9 Å². The number of nitrogens with zero attached hydrogens (tertiary/aromatic N) is 3. The van der Waals surface area contributed by atoms with Crippen LogP contribution >= 0.6 is 11.3 Å². The molecular formula is C21H21N3O5S. The van der Waals surface area contributed by atoms with Crippen LogP contribution < -0.4 is 15.0 Å². The van der Waals surface area contributed by atoms with Gasteiger partial charge in [0.2, 0.25) is 0 Å². The number of thiophene rings is 1. The second-order valence-corrected chi connectivity index (χ2v) is 7.90. The molecule has 0 radical (unpaired) electrons. The number of rotatable bonds is 7. The summed E-state index contributed by atoms with van der Waals surface area (Å²) in [5.74, 6) is -0.423. The topological polar surface area (TPSA) is 103 Å². The van der Waals surface area contributed by atoms with Crippen LogP contribution in [-0.2, 0) is 17.6 Å². The molecule has 0 amide bonds. The lowest BCUT2D eigenvalue weighted by molar-refractivity contribution is -0.139. The number of para-hydroxylation sites is 1. The van der Waals surface area contributed by atoms with Gasteiger partial charge in [0.15, 0.2) is 18.1 Å². The van der Waals surface area contributed by atoms with E-state index in [2.05, 4.69) is 10.1 Å². The van der Waals surface area contributed by atoms with E-state index in [1.807, 2.05) is 6.92 Å². The maximum atomic E-state index is 13.0. The Morgan fingerprint density at radius 1 is 1.33 bits per heavy atom. The van der Waals surface area contributed by atoms with Crippen LogP contribution in [0.1, 0.15) is 35.8 Å². The van der Waals surface area contributed by atoms with Crippen molar-refractivity contribution in [3.8, 4) is 11.5 Å². The summed E-state index contributed by atoms with van der Waals surface area (Å²) in [6.45, 7) is 1.70. The molecule has 0 unspecified atom stereocenters. The number of hydrogen-bond acceptors (Lipinski definition) is 7. The molecule has 0 aliphatic heterocycles.